The molecule has 0 aromatic carbocycles. The van der Waals surface area contributed by atoms with E-state index >= 15 is 0 Å². The van der Waals surface area contributed by atoms with E-state index in [1.165, 1.54) is 12.0 Å². The molecular formula is C21H34ClNO. The van der Waals surface area contributed by atoms with E-state index in [9.17, 15) is 5.11 Å². The predicted octanol–water partition coefficient (Wildman–Crippen LogP) is 4.65. The number of aliphatic hydroxyl groups is 1. The summed E-state index contributed by atoms with van der Waals surface area (Å²) in [5, 5.41) is 9.28. The van der Waals surface area contributed by atoms with Crippen LogP contribution in [0.15, 0.2) is 37.0 Å². The molecule has 2 fully saturated rings. The van der Waals surface area contributed by atoms with Gasteiger partial charge < -0.3 is 5.11 Å². The van der Waals surface area contributed by atoms with Gasteiger partial charge in [0.1, 0.15) is 0 Å². The van der Waals surface area contributed by atoms with Crippen molar-refractivity contribution < 1.29 is 5.11 Å². The monoisotopic (exact) mass is 351 g/mol. The van der Waals surface area contributed by atoms with Crippen molar-refractivity contribution in [3.8, 4) is 0 Å². The molecule has 24 heavy (non-hydrogen) atoms. The van der Waals surface area contributed by atoms with Crippen LogP contribution in [0, 0.1) is 23.2 Å². The summed E-state index contributed by atoms with van der Waals surface area (Å²) in [5.41, 5.74) is 2.61. The molecule has 2 nitrogen and oxygen atoms in total. The summed E-state index contributed by atoms with van der Waals surface area (Å²) in [7, 11) is 0. The molecule has 0 unspecified atom stereocenters. The number of piperidine rings is 1. The van der Waals surface area contributed by atoms with Gasteiger partial charge in [0.15, 0.2) is 0 Å². The van der Waals surface area contributed by atoms with Gasteiger partial charge in [0.2, 0.25) is 0 Å². The summed E-state index contributed by atoms with van der Waals surface area (Å²) in [5.74, 6) is 1.98. The number of nitrogens with zero attached hydrogens (tertiary/aromatic N) is 1. The predicted molar refractivity (Wildman–Crippen MR) is 104 cm³/mol. The maximum Gasteiger partial charge on any atom is 0.0460 e. The molecule has 0 aromatic heterocycles. The van der Waals surface area contributed by atoms with E-state index in [0.717, 1.165) is 50.9 Å². The molecule has 2 rings (SSSR count). The van der Waals surface area contributed by atoms with Gasteiger partial charge in [-0.2, -0.15) is 0 Å². The van der Waals surface area contributed by atoms with Crippen LogP contribution in [0.4, 0.5) is 0 Å². The molecule has 136 valence electrons. The molecule has 1 saturated heterocycles. The second-order valence-corrected chi connectivity index (χ2v) is 8.35. The summed E-state index contributed by atoms with van der Waals surface area (Å²) >= 11 is 6.09. The first-order chi connectivity index (χ1) is 11.4. The molecule has 0 amide bonds. The van der Waals surface area contributed by atoms with E-state index < -0.39 is 0 Å². The first-order valence-electron chi connectivity index (χ1n) is 9.31. The van der Waals surface area contributed by atoms with Crippen molar-refractivity contribution in [2.45, 2.75) is 39.0 Å². The zero-order chi connectivity index (χ0) is 17.7. The van der Waals surface area contributed by atoms with Crippen LogP contribution in [-0.2, 0) is 0 Å². The lowest BCUT2D eigenvalue weighted by molar-refractivity contribution is 0.129. The van der Waals surface area contributed by atoms with Gasteiger partial charge in [-0.1, -0.05) is 37.3 Å². The minimum Gasteiger partial charge on any atom is -0.396 e. The second kappa shape index (κ2) is 8.69. The van der Waals surface area contributed by atoms with Crippen molar-refractivity contribution >= 4 is 11.6 Å². The molecule has 2 aliphatic rings. The van der Waals surface area contributed by atoms with E-state index in [1.54, 1.807) is 0 Å². The van der Waals surface area contributed by atoms with Crippen LogP contribution < -0.4 is 0 Å². The van der Waals surface area contributed by atoms with E-state index in [1.807, 2.05) is 0 Å². The van der Waals surface area contributed by atoms with Crippen LogP contribution in [0.3, 0.4) is 0 Å². The average Bonchev–Trinajstić information content (AvgIpc) is 2.62. The third-order valence-electron chi connectivity index (χ3n) is 6.45. The number of likely N-dealkylation sites (tertiary alicyclic amines) is 1. The largest absolute Gasteiger partial charge is 0.396 e. The number of allylic oxidation sites excluding steroid dienone is 2. The van der Waals surface area contributed by atoms with Gasteiger partial charge in [0.25, 0.3) is 0 Å². The fraction of sp³-hybridized carbons (Fsp3) is 0.714. The zero-order valence-corrected chi connectivity index (χ0v) is 16.0. The van der Waals surface area contributed by atoms with Gasteiger partial charge in [0.05, 0.1) is 0 Å². The van der Waals surface area contributed by atoms with E-state index in [2.05, 4.69) is 37.6 Å². The molecule has 1 aliphatic carbocycles. The Kier molecular flexibility index (Phi) is 7.15. The van der Waals surface area contributed by atoms with Crippen LogP contribution in [0.2, 0.25) is 0 Å². The first kappa shape index (κ1) is 19.8. The minimum atomic E-state index is 0.113. The van der Waals surface area contributed by atoms with E-state index in [-0.39, 0.29) is 5.41 Å². The highest BCUT2D eigenvalue weighted by molar-refractivity contribution is 6.19. The molecule has 1 aliphatic heterocycles. The van der Waals surface area contributed by atoms with Crippen molar-refractivity contribution in [1.82, 2.24) is 4.90 Å². The van der Waals surface area contributed by atoms with E-state index in [0.29, 0.717) is 30.2 Å². The van der Waals surface area contributed by atoms with Gasteiger partial charge in [-0.25, -0.2) is 0 Å². The van der Waals surface area contributed by atoms with Crippen LogP contribution >= 0.6 is 11.6 Å². The normalized spacial score (nSPS) is 32.5. The fourth-order valence-electron chi connectivity index (χ4n) is 4.42. The van der Waals surface area contributed by atoms with Crippen molar-refractivity contribution in [2.75, 3.05) is 32.1 Å². The van der Waals surface area contributed by atoms with Gasteiger partial charge in [-0.05, 0) is 68.4 Å². The highest BCUT2D eigenvalue weighted by Crippen LogP contribution is 2.49. The van der Waals surface area contributed by atoms with Gasteiger partial charge >= 0.3 is 0 Å². The van der Waals surface area contributed by atoms with Crippen molar-refractivity contribution in [1.29, 1.82) is 0 Å². The Bertz CT molecular complexity index is 466. The summed E-state index contributed by atoms with van der Waals surface area (Å²) in [6.07, 6.45) is 7.73. The first-order valence-corrected chi connectivity index (χ1v) is 9.85. The number of alkyl halides is 1. The smallest absolute Gasteiger partial charge is 0.0460 e. The van der Waals surface area contributed by atoms with Crippen LogP contribution in [-0.4, -0.2) is 42.1 Å². The molecule has 3 atom stereocenters. The maximum atomic E-state index is 9.28. The molecule has 0 spiro atoms. The number of hydrogen-bond acceptors (Lipinski definition) is 2. The SMILES string of the molecule is C=C[C@]1(C)CC[C@@H](C(=C)CN2CCC(CO)CC2)C[C@H]1C(=C)CCl. The highest BCUT2D eigenvalue weighted by Gasteiger charge is 2.39. The lowest BCUT2D eigenvalue weighted by Crippen LogP contribution is -2.39. The Labute approximate surface area is 153 Å². The Morgan fingerprint density at radius 3 is 2.46 bits per heavy atom. The van der Waals surface area contributed by atoms with E-state index in [4.69, 9.17) is 11.6 Å². The van der Waals surface area contributed by atoms with Crippen molar-refractivity contribution in [3.63, 3.8) is 0 Å². The third kappa shape index (κ3) is 4.53. The maximum absolute atomic E-state index is 9.28. The molecule has 0 bridgehead atoms. The zero-order valence-electron chi connectivity index (χ0n) is 15.3. The van der Waals surface area contributed by atoms with Crippen LogP contribution in [0.5, 0.6) is 0 Å². The van der Waals surface area contributed by atoms with Crippen molar-refractivity contribution in [3.05, 3.63) is 37.0 Å². The summed E-state index contributed by atoms with van der Waals surface area (Å²) < 4.78 is 0. The minimum absolute atomic E-state index is 0.113. The topological polar surface area (TPSA) is 23.5 Å². The summed E-state index contributed by atoms with van der Waals surface area (Å²) in [6.45, 7) is 18.5. The van der Waals surface area contributed by atoms with Gasteiger partial charge in [-0.3, -0.25) is 4.90 Å². The molecule has 1 N–H and O–H groups in total. The molecule has 3 heteroatoms. The molecule has 0 aromatic rings. The van der Waals surface area contributed by atoms with Crippen molar-refractivity contribution in [2.24, 2.45) is 23.2 Å². The number of hydrogen-bond donors (Lipinski definition) is 1. The molecule has 1 heterocycles. The van der Waals surface area contributed by atoms with Gasteiger partial charge in [-0.15, -0.1) is 18.2 Å². The Morgan fingerprint density at radius 2 is 1.92 bits per heavy atom. The summed E-state index contributed by atoms with van der Waals surface area (Å²) in [6, 6.07) is 0. The standard InChI is InChI=1S/C21H34ClNO/c1-5-21(4)9-6-19(12-20(21)16(2)13-22)17(3)14-23-10-7-18(15-24)8-11-23/h5,18-20,24H,1-3,6-15H2,4H3/t19-,20+,21-/m1/s1. The molecule has 0 radical (unpaired) electrons. The average molecular weight is 352 g/mol. The number of halogens is 1. The molecule has 1 saturated carbocycles. The highest BCUT2D eigenvalue weighted by atomic mass is 35.5. The third-order valence-corrected chi connectivity index (χ3v) is 6.79. The van der Waals surface area contributed by atoms with Crippen LogP contribution in [0.25, 0.3) is 0 Å². The van der Waals surface area contributed by atoms with Crippen LogP contribution in [0.1, 0.15) is 39.0 Å². The second-order valence-electron chi connectivity index (χ2n) is 8.09. The molecular weight excluding hydrogens is 318 g/mol. The Hall–Kier alpha value is -0.570. The fourth-order valence-corrected chi connectivity index (χ4v) is 4.60. The lowest BCUT2D eigenvalue weighted by Gasteiger charge is -2.44. The van der Waals surface area contributed by atoms with Gasteiger partial charge in [0, 0.05) is 19.0 Å². The lowest BCUT2D eigenvalue weighted by atomic mass is 9.61. The summed E-state index contributed by atoms with van der Waals surface area (Å²) in [4.78, 5) is 2.50. The number of aliphatic hydroxyl groups excluding tert-OH is 1. The Balaban J connectivity index is 1.93. The quantitative estimate of drug-likeness (QED) is 0.533. The Morgan fingerprint density at radius 1 is 1.25 bits per heavy atom. The number of rotatable bonds is 7.